The smallest absolute Gasteiger partial charge is 0.349 e. The summed E-state index contributed by atoms with van der Waals surface area (Å²) in [6, 6.07) is 10.2. The average molecular weight is 279 g/mol. The lowest BCUT2D eigenvalue weighted by Gasteiger charge is -2.30. The lowest BCUT2D eigenvalue weighted by Crippen LogP contribution is -2.46. The Balaban J connectivity index is 2.85. The molecule has 0 N–H and O–H groups in total. The molecule has 1 aromatic rings. The van der Waals surface area contributed by atoms with E-state index in [-0.39, 0.29) is 5.16 Å². The standard InChI is InChI=1S/C15H25NO2Si/c1-5-15(4,19(17-6-2)18-7-3)16-13-14-11-9-8-10-12-14/h8-13,19H,5-7H2,1-4H3. The van der Waals surface area contributed by atoms with E-state index in [0.717, 1.165) is 12.0 Å². The van der Waals surface area contributed by atoms with Crippen LogP contribution in [-0.2, 0) is 8.85 Å². The molecule has 106 valence electrons. The molecule has 0 heterocycles. The van der Waals surface area contributed by atoms with Gasteiger partial charge in [-0.15, -0.1) is 0 Å². The Hall–Kier alpha value is -0.973. The largest absolute Gasteiger partial charge is 0.395 e. The molecule has 1 aromatic carbocycles. The van der Waals surface area contributed by atoms with Crippen LogP contribution in [0.2, 0.25) is 0 Å². The lowest BCUT2D eigenvalue weighted by atomic mass is 10.2. The first-order valence-electron chi connectivity index (χ1n) is 6.99. The van der Waals surface area contributed by atoms with E-state index in [9.17, 15) is 0 Å². The van der Waals surface area contributed by atoms with Crippen molar-refractivity contribution in [2.75, 3.05) is 13.2 Å². The highest BCUT2D eigenvalue weighted by atomic mass is 28.3. The SMILES string of the molecule is CCO[SiH](OCC)C(C)(CC)N=Cc1ccccc1. The van der Waals surface area contributed by atoms with Crippen molar-refractivity contribution in [1.29, 1.82) is 0 Å². The van der Waals surface area contributed by atoms with E-state index in [1.807, 2.05) is 38.3 Å². The fraction of sp³-hybridized carbons (Fsp3) is 0.533. The highest BCUT2D eigenvalue weighted by Gasteiger charge is 2.36. The number of rotatable bonds is 8. The Morgan fingerprint density at radius 2 is 1.68 bits per heavy atom. The van der Waals surface area contributed by atoms with Crippen LogP contribution in [0.5, 0.6) is 0 Å². The molecule has 1 unspecified atom stereocenters. The van der Waals surface area contributed by atoms with Crippen LogP contribution in [0.3, 0.4) is 0 Å². The summed E-state index contributed by atoms with van der Waals surface area (Å²) in [5.41, 5.74) is 1.11. The zero-order valence-corrected chi connectivity index (χ0v) is 13.6. The molecule has 0 spiro atoms. The van der Waals surface area contributed by atoms with E-state index in [1.165, 1.54) is 0 Å². The van der Waals surface area contributed by atoms with E-state index in [0.29, 0.717) is 13.2 Å². The van der Waals surface area contributed by atoms with Gasteiger partial charge in [0.25, 0.3) is 0 Å². The molecule has 4 heteroatoms. The molecular weight excluding hydrogens is 254 g/mol. The second kappa shape index (κ2) is 8.25. The predicted octanol–water partition coefficient (Wildman–Crippen LogP) is 3.11. The molecule has 0 aliphatic carbocycles. The minimum absolute atomic E-state index is 0.220. The highest BCUT2D eigenvalue weighted by molar-refractivity contribution is 6.49. The van der Waals surface area contributed by atoms with Gasteiger partial charge in [-0.2, -0.15) is 0 Å². The van der Waals surface area contributed by atoms with Gasteiger partial charge in [0.15, 0.2) is 0 Å². The van der Waals surface area contributed by atoms with Gasteiger partial charge >= 0.3 is 9.28 Å². The van der Waals surface area contributed by atoms with Crippen molar-refractivity contribution >= 4 is 15.5 Å². The zero-order chi connectivity index (χ0) is 14.1. The molecule has 3 nitrogen and oxygen atoms in total. The maximum absolute atomic E-state index is 5.83. The van der Waals surface area contributed by atoms with Crippen LogP contribution in [0.4, 0.5) is 0 Å². The molecule has 0 bridgehead atoms. The van der Waals surface area contributed by atoms with Crippen molar-refractivity contribution in [3.05, 3.63) is 35.9 Å². The predicted molar refractivity (Wildman–Crippen MR) is 83.1 cm³/mol. The van der Waals surface area contributed by atoms with Crippen molar-refractivity contribution in [3.8, 4) is 0 Å². The monoisotopic (exact) mass is 279 g/mol. The first-order chi connectivity index (χ1) is 9.16. The van der Waals surface area contributed by atoms with E-state index in [4.69, 9.17) is 13.8 Å². The Morgan fingerprint density at radius 3 is 2.16 bits per heavy atom. The quantitative estimate of drug-likeness (QED) is 0.541. The van der Waals surface area contributed by atoms with E-state index < -0.39 is 9.28 Å². The molecule has 0 aromatic heterocycles. The topological polar surface area (TPSA) is 30.8 Å². The average Bonchev–Trinajstić information content (AvgIpc) is 2.46. The molecule has 1 rings (SSSR count). The second-order valence-electron chi connectivity index (χ2n) is 4.62. The molecular formula is C15H25NO2Si. The Morgan fingerprint density at radius 1 is 1.11 bits per heavy atom. The molecule has 0 saturated carbocycles. The third-order valence-electron chi connectivity index (χ3n) is 3.17. The van der Waals surface area contributed by atoms with Crippen LogP contribution in [0.15, 0.2) is 35.3 Å². The molecule has 1 atom stereocenters. The summed E-state index contributed by atoms with van der Waals surface area (Å²) in [6.07, 6.45) is 2.86. The molecule has 19 heavy (non-hydrogen) atoms. The van der Waals surface area contributed by atoms with Gasteiger partial charge in [-0.1, -0.05) is 37.3 Å². The van der Waals surface area contributed by atoms with Gasteiger partial charge < -0.3 is 8.85 Å². The van der Waals surface area contributed by atoms with Crippen molar-refractivity contribution in [3.63, 3.8) is 0 Å². The van der Waals surface area contributed by atoms with Crippen LogP contribution >= 0.6 is 0 Å². The summed E-state index contributed by atoms with van der Waals surface area (Å²) < 4.78 is 11.7. The van der Waals surface area contributed by atoms with Crippen molar-refractivity contribution < 1.29 is 8.85 Å². The summed E-state index contributed by atoms with van der Waals surface area (Å²) in [5.74, 6) is 0. The van der Waals surface area contributed by atoms with Crippen LogP contribution < -0.4 is 0 Å². The Kier molecular flexibility index (Phi) is 6.98. The van der Waals surface area contributed by atoms with Gasteiger partial charge in [0.05, 0.1) is 5.16 Å². The summed E-state index contributed by atoms with van der Waals surface area (Å²) in [4.78, 5) is 4.77. The van der Waals surface area contributed by atoms with Gasteiger partial charge in [-0.3, -0.25) is 4.99 Å². The maximum atomic E-state index is 5.83. The van der Waals surface area contributed by atoms with Gasteiger partial charge in [0, 0.05) is 19.4 Å². The molecule has 0 aliphatic rings. The van der Waals surface area contributed by atoms with Crippen molar-refractivity contribution in [2.24, 2.45) is 4.99 Å². The fourth-order valence-electron chi connectivity index (χ4n) is 1.79. The second-order valence-corrected chi connectivity index (χ2v) is 7.20. The fourth-order valence-corrected chi connectivity index (χ4v) is 3.74. The molecule has 0 fully saturated rings. The minimum Gasteiger partial charge on any atom is -0.395 e. The van der Waals surface area contributed by atoms with Gasteiger partial charge in [0.1, 0.15) is 0 Å². The van der Waals surface area contributed by atoms with E-state index in [1.54, 1.807) is 0 Å². The number of benzene rings is 1. The van der Waals surface area contributed by atoms with Crippen LogP contribution in [0.1, 0.15) is 39.7 Å². The van der Waals surface area contributed by atoms with Gasteiger partial charge in [-0.05, 0) is 32.8 Å². The summed E-state index contributed by atoms with van der Waals surface area (Å²) >= 11 is 0. The molecule has 0 amide bonds. The number of hydrogen-bond acceptors (Lipinski definition) is 3. The van der Waals surface area contributed by atoms with Crippen molar-refractivity contribution in [2.45, 2.75) is 39.3 Å². The highest BCUT2D eigenvalue weighted by Crippen LogP contribution is 2.21. The Bertz CT molecular complexity index is 377. The van der Waals surface area contributed by atoms with Gasteiger partial charge in [-0.25, -0.2) is 0 Å². The Labute approximate surface area is 118 Å². The third-order valence-corrected chi connectivity index (χ3v) is 6.01. The first kappa shape index (κ1) is 16.1. The molecule has 0 radical (unpaired) electrons. The van der Waals surface area contributed by atoms with Crippen LogP contribution in [0.25, 0.3) is 0 Å². The third kappa shape index (κ3) is 4.89. The number of nitrogens with zero attached hydrogens (tertiary/aromatic N) is 1. The van der Waals surface area contributed by atoms with Crippen LogP contribution in [-0.4, -0.2) is 33.9 Å². The van der Waals surface area contributed by atoms with Gasteiger partial charge in [0.2, 0.25) is 0 Å². The first-order valence-corrected chi connectivity index (χ1v) is 8.51. The van der Waals surface area contributed by atoms with Crippen molar-refractivity contribution in [1.82, 2.24) is 0 Å². The number of hydrogen-bond donors (Lipinski definition) is 0. The summed E-state index contributed by atoms with van der Waals surface area (Å²) in [6.45, 7) is 9.67. The lowest BCUT2D eigenvalue weighted by molar-refractivity contribution is 0.189. The summed E-state index contributed by atoms with van der Waals surface area (Å²) in [7, 11) is -1.80. The molecule has 0 aliphatic heterocycles. The van der Waals surface area contributed by atoms with Crippen LogP contribution in [0, 0.1) is 0 Å². The summed E-state index contributed by atoms with van der Waals surface area (Å²) in [5, 5.41) is -0.220. The minimum atomic E-state index is -1.80. The molecule has 0 saturated heterocycles. The zero-order valence-electron chi connectivity index (χ0n) is 12.4. The normalized spacial score (nSPS) is 15.0. The maximum Gasteiger partial charge on any atom is 0.349 e. The number of aliphatic imine (C=N–C) groups is 1. The van der Waals surface area contributed by atoms with E-state index in [2.05, 4.69) is 26.0 Å². The van der Waals surface area contributed by atoms with E-state index >= 15 is 0 Å².